The Balaban J connectivity index is 0.000000270. The van der Waals surface area contributed by atoms with Gasteiger partial charge in [0.15, 0.2) is 0 Å². The molecular weight excluding hydrogens is 444 g/mol. The number of benzene rings is 1. The predicted octanol–water partition coefficient (Wildman–Crippen LogP) is 2.94. The van der Waals surface area contributed by atoms with Crippen molar-refractivity contribution in [3.63, 3.8) is 0 Å². The number of carbonyl (C=O) groups is 5. The van der Waals surface area contributed by atoms with Gasteiger partial charge in [0.1, 0.15) is 0 Å². The molecule has 4 N–H and O–H groups in total. The van der Waals surface area contributed by atoms with E-state index in [0.29, 0.717) is 0 Å². The third kappa shape index (κ3) is 6.50. The van der Waals surface area contributed by atoms with Gasteiger partial charge in [0.25, 0.3) is 0 Å². The first-order valence-electron chi connectivity index (χ1n) is 11.4. The molecule has 1 aromatic rings. The molecule has 4 bridgehead atoms. The molecule has 0 spiro atoms. The van der Waals surface area contributed by atoms with Crippen molar-refractivity contribution in [2.24, 2.45) is 23.2 Å². The maximum atomic E-state index is 11.9. The van der Waals surface area contributed by atoms with Gasteiger partial charge in [-0.2, -0.15) is 0 Å². The molecule has 0 unspecified atom stereocenters. The van der Waals surface area contributed by atoms with Crippen LogP contribution in [0, 0.1) is 23.2 Å². The Morgan fingerprint density at radius 1 is 0.912 bits per heavy atom. The molecule has 0 atom stereocenters. The average Bonchev–Trinajstić information content (AvgIpc) is 2.76. The van der Waals surface area contributed by atoms with Crippen LogP contribution in [0.25, 0.3) is 0 Å². The van der Waals surface area contributed by atoms with E-state index in [1.807, 2.05) is 0 Å². The summed E-state index contributed by atoms with van der Waals surface area (Å²) in [5, 5.41) is 17.0. The predicted molar refractivity (Wildman–Crippen MR) is 120 cm³/mol. The fourth-order valence-corrected chi connectivity index (χ4v) is 6.18. The molecule has 5 rings (SSSR count). The number of carboxylic acids is 2. The number of carbonyl (C=O) groups excluding carboxylic acids is 3. The lowest BCUT2D eigenvalue weighted by molar-refractivity contribution is -0.156. The van der Waals surface area contributed by atoms with E-state index >= 15 is 0 Å². The van der Waals surface area contributed by atoms with Crippen LogP contribution in [0.15, 0.2) is 24.3 Å². The first-order valence-corrected chi connectivity index (χ1v) is 11.4. The van der Waals surface area contributed by atoms with Gasteiger partial charge in [-0.1, -0.05) is 6.07 Å². The van der Waals surface area contributed by atoms with Gasteiger partial charge in [0.2, 0.25) is 5.78 Å². The van der Waals surface area contributed by atoms with Gasteiger partial charge in [0, 0.05) is 6.42 Å². The fraction of sp³-hybridized carbons (Fsp3) is 0.560. The SMILES string of the molecule is CCOC(=O)C(=O)C(=O)CCC12CC3CC(CC(C3)C1)C2.O.O=C(O)c1cccc(C(=O)O)c1. The molecule has 0 heterocycles. The van der Waals surface area contributed by atoms with E-state index in [0.717, 1.165) is 30.2 Å². The monoisotopic (exact) mass is 476 g/mol. The van der Waals surface area contributed by atoms with Crippen molar-refractivity contribution < 1.29 is 44.4 Å². The van der Waals surface area contributed by atoms with E-state index in [-0.39, 0.29) is 35.0 Å². The van der Waals surface area contributed by atoms with E-state index in [1.165, 1.54) is 56.7 Å². The Labute approximate surface area is 197 Å². The van der Waals surface area contributed by atoms with Gasteiger partial charge in [0.05, 0.1) is 17.7 Å². The number of esters is 1. The minimum absolute atomic E-state index is 0. The molecule has 0 amide bonds. The Bertz CT molecular complexity index is 885. The topological polar surface area (TPSA) is 167 Å². The highest BCUT2D eigenvalue weighted by atomic mass is 16.5. The first-order chi connectivity index (χ1) is 15.6. The van der Waals surface area contributed by atoms with Crippen LogP contribution in [-0.4, -0.2) is 51.8 Å². The van der Waals surface area contributed by atoms with Crippen molar-refractivity contribution in [1.82, 2.24) is 0 Å². The summed E-state index contributed by atoms with van der Waals surface area (Å²) in [5.41, 5.74) is 0.240. The van der Waals surface area contributed by atoms with Crippen LogP contribution in [0.5, 0.6) is 0 Å². The molecule has 4 saturated carbocycles. The molecular formula is C25H32O9. The third-order valence-corrected chi connectivity index (χ3v) is 7.12. The maximum Gasteiger partial charge on any atom is 0.382 e. The summed E-state index contributed by atoms with van der Waals surface area (Å²) in [5.74, 6) is -2.26. The molecule has 9 heteroatoms. The second-order valence-electron chi connectivity index (χ2n) is 9.58. The number of carboxylic acid groups (broad SMARTS) is 2. The van der Waals surface area contributed by atoms with Crippen molar-refractivity contribution in [1.29, 1.82) is 0 Å². The van der Waals surface area contributed by atoms with E-state index in [1.54, 1.807) is 6.92 Å². The minimum Gasteiger partial charge on any atom is -0.478 e. The second-order valence-corrected chi connectivity index (χ2v) is 9.58. The Kier molecular flexibility index (Phi) is 9.09. The Morgan fingerprint density at radius 2 is 1.38 bits per heavy atom. The zero-order valence-electron chi connectivity index (χ0n) is 19.2. The summed E-state index contributed by atoms with van der Waals surface area (Å²) in [4.78, 5) is 55.6. The number of hydrogen-bond donors (Lipinski definition) is 2. The zero-order chi connectivity index (χ0) is 24.2. The Hall–Kier alpha value is -3.07. The zero-order valence-corrected chi connectivity index (χ0v) is 19.2. The van der Waals surface area contributed by atoms with Crippen molar-refractivity contribution in [2.75, 3.05) is 6.61 Å². The summed E-state index contributed by atoms with van der Waals surface area (Å²) >= 11 is 0. The molecule has 4 aliphatic carbocycles. The lowest BCUT2D eigenvalue weighted by Crippen LogP contribution is -2.46. The lowest BCUT2D eigenvalue weighted by Gasteiger charge is -2.57. The van der Waals surface area contributed by atoms with Gasteiger partial charge >= 0.3 is 23.7 Å². The quantitative estimate of drug-likeness (QED) is 0.328. The average molecular weight is 477 g/mol. The highest BCUT2D eigenvalue weighted by Gasteiger charge is 2.50. The summed E-state index contributed by atoms with van der Waals surface area (Å²) in [7, 11) is 0. The Morgan fingerprint density at radius 3 is 1.79 bits per heavy atom. The molecule has 186 valence electrons. The van der Waals surface area contributed by atoms with Gasteiger partial charge in [-0.3, -0.25) is 9.59 Å². The molecule has 0 saturated heterocycles. The van der Waals surface area contributed by atoms with Crippen LogP contribution >= 0.6 is 0 Å². The number of ether oxygens (including phenoxy) is 1. The van der Waals surface area contributed by atoms with Crippen LogP contribution in [-0.2, 0) is 19.1 Å². The molecule has 34 heavy (non-hydrogen) atoms. The van der Waals surface area contributed by atoms with Crippen molar-refractivity contribution in [3.05, 3.63) is 35.4 Å². The van der Waals surface area contributed by atoms with Crippen LogP contribution in [0.1, 0.15) is 79.0 Å². The van der Waals surface area contributed by atoms with Gasteiger partial charge in [-0.15, -0.1) is 0 Å². The van der Waals surface area contributed by atoms with Gasteiger partial charge in [-0.25, -0.2) is 14.4 Å². The first kappa shape index (κ1) is 27.2. The molecule has 0 radical (unpaired) electrons. The molecule has 0 aromatic heterocycles. The van der Waals surface area contributed by atoms with E-state index < -0.39 is 29.5 Å². The lowest BCUT2D eigenvalue weighted by atomic mass is 9.48. The van der Waals surface area contributed by atoms with Crippen LogP contribution < -0.4 is 0 Å². The van der Waals surface area contributed by atoms with Gasteiger partial charge < -0.3 is 20.4 Å². The summed E-state index contributed by atoms with van der Waals surface area (Å²) in [6, 6.07) is 5.20. The minimum atomic E-state index is -1.13. The highest BCUT2D eigenvalue weighted by Crippen LogP contribution is 2.61. The van der Waals surface area contributed by atoms with Crippen molar-refractivity contribution in [2.45, 2.75) is 58.3 Å². The molecule has 1 aromatic carbocycles. The number of Topliss-reactive ketones (excluding diaryl/α,β-unsaturated/α-hetero) is 2. The van der Waals surface area contributed by atoms with Crippen LogP contribution in [0.2, 0.25) is 0 Å². The molecule has 4 fully saturated rings. The molecule has 4 aliphatic rings. The second kappa shape index (κ2) is 11.4. The third-order valence-electron chi connectivity index (χ3n) is 7.12. The van der Waals surface area contributed by atoms with Gasteiger partial charge in [-0.05, 0) is 93.2 Å². The fourth-order valence-electron chi connectivity index (χ4n) is 6.18. The smallest absolute Gasteiger partial charge is 0.382 e. The van der Waals surface area contributed by atoms with E-state index in [2.05, 4.69) is 4.74 Å². The van der Waals surface area contributed by atoms with Crippen molar-refractivity contribution in [3.8, 4) is 0 Å². The maximum absolute atomic E-state index is 11.9. The van der Waals surface area contributed by atoms with Crippen LogP contribution in [0.4, 0.5) is 0 Å². The number of aromatic carboxylic acids is 2. The number of rotatable bonds is 8. The standard InChI is InChI=1S/C17H24O4.C8H6O4.H2O/c1-2-21-16(20)15(19)14(18)3-4-17-8-11-5-12(9-17)7-13(6-11)10-17;9-7(10)5-2-1-3-6(4-5)8(11)12;/h11-13H,2-10H2,1H3;1-4H,(H,9,10)(H,11,12);1H2. The summed E-state index contributed by atoms with van der Waals surface area (Å²) in [6.07, 6.45) is 8.77. The highest BCUT2D eigenvalue weighted by molar-refractivity contribution is 6.62. The summed E-state index contributed by atoms with van der Waals surface area (Å²) < 4.78 is 4.61. The summed E-state index contributed by atoms with van der Waals surface area (Å²) in [6.45, 7) is 1.76. The normalized spacial score (nSPS) is 25.9. The van der Waals surface area contributed by atoms with E-state index in [4.69, 9.17) is 10.2 Å². The number of ketones is 2. The van der Waals surface area contributed by atoms with E-state index in [9.17, 15) is 24.0 Å². The number of hydrogen-bond acceptors (Lipinski definition) is 6. The largest absolute Gasteiger partial charge is 0.478 e. The van der Waals surface area contributed by atoms with Crippen LogP contribution in [0.3, 0.4) is 0 Å². The molecule has 9 nitrogen and oxygen atoms in total. The molecule has 0 aliphatic heterocycles. The van der Waals surface area contributed by atoms with Crippen molar-refractivity contribution >= 4 is 29.5 Å².